The maximum absolute atomic E-state index is 12.9. The van der Waals surface area contributed by atoms with Gasteiger partial charge in [-0.25, -0.2) is 0 Å². The molecule has 0 saturated heterocycles. The van der Waals surface area contributed by atoms with Gasteiger partial charge in [-0.3, -0.25) is 9.78 Å². The molecule has 0 bridgehead atoms. The molecule has 0 aliphatic heterocycles. The number of carbonyl (C=O) groups is 1. The van der Waals surface area contributed by atoms with Gasteiger partial charge in [0.1, 0.15) is 0 Å². The number of alkyl halides is 3. The molecule has 1 fully saturated rings. The third kappa shape index (κ3) is 3.13. The first-order chi connectivity index (χ1) is 11.3. The van der Waals surface area contributed by atoms with Gasteiger partial charge in [-0.1, -0.05) is 18.2 Å². The molecule has 1 aromatic carbocycles. The lowest BCUT2D eigenvalue weighted by Crippen LogP contribution is -2.36. The van der Waals surface area contributed by atoms with E-state index in [1.807, 2.05) is 6.92 Å². The monoisotopic (exact) mass is 334 g/mol. The van der Waals surface area contributed by atoms with Gasteiger partial charge in [0.2, 0.25) is 5.91 Å². The zero-order chi connectivity index (χ0) is 17.4. The van der Waals surface area contributed by atoms with E-state index >= 15 is 0 Å². The van der Waals surface area contributed by atoms with Crippen molar-refractivity contribution in [2.45, 2.75) is 37.4 Å². The molecule has 6 heteroatoms. The van der Waals surface area contributed by atoms with Gasteiger partial charge >= 0.3 is 6.18 Å². The van der Waals surface area contributed by atoms with Crippen LogP contribution in [-0.2, 0) is 16.4 Å². The Labute approximate surface area is 137 Å². The summed E-state index contributed by atoms with van der Waals surface area (Å²) < 4.78 is 38.7. The topological polar surface area (TPSA) is 42.0 Å². The largest absolute Gasteiger partial charge is 0.416 e. The van der Waals surface area contributed by atoms with Crippen molar-refractivity contribution < 1.29 is 18.0 Å². The quantitative estimate of drug-likeness (QED) is 0.918. The Kier molecular flexibility index (Phi) is 4.07. The number of benzene rings is 1. The molecule has 1 unspecified atom stereocenters. The fraction of sp³-hybridized carbons (Fsp3) is 0.333. The van der Waals surface area contributed by atoms with E-state index in [0.29, 0.717) is 18.4 Å². The molecule has 126 valence electrons. The molecule has 1 saturated carbocycles. The van der Waals surface area contributed by atoms with Gasteiger partial charge in [-0.2, -0.15) is 13.2 Å². The van der Waals surface area contributed by atoms with Crippen LogP contribution in [0.25, 0.3) is 0 Å². The summed E-state index contributed by atoms with van der Waals surface area (Å²) in [6.07, 6.45) is -0.0192. The van der Waals surface area contributed by atoms with Crippen LogP contribution >= 0.6 is 0 Å². The minimum atomic E-state index is -4.41. The van der Waals surface area contributed by atoms with Crippen LogP contribution in [0.15, 0.2) is 48.8 Å². The molecule has 1 aliphatic carbocycles. The minimum absolute atomic E-state index is 0.230. The summed E-state index contributed by atoms with van der Waals surface area (Å²) >= 11 is 0. The average Bonchev–Trinajstić information content (AvgIpc) is 3.37. The lowest BCUT2D eigenvalue weighted by molar-refractivity contribution is -0.137. The van der Waals surface area contributed by atoms with Crippen molar-refractivity contribution in [1.82, 2.24) is 10.3 Å². The fourth-order valence-electron chi connectivity index (χ4n) is 2.84. The Morgan fingerprint density at radius 3 is 2.46 bits per heavy atom. The number of pyridine rings is 1. The molecule has 3 rings (SSSR count). The summed E-state index contributed by atoms with van der Waals surface area (Å²) in [5.74, 6) is -0.230. The number of nitrogens with zero attached hydrogens (tertiary/aromatic N) is 1. The number of aromatic nitrogens is 1. The predicted octanol–water partition coefficient (Wildman–Crippen LogP) is 4.01. The van der Waals surface area contributed by atoms with Gasteiger partial charge in [0.25, 0.3) is 0 Å². The van der Waals surface area contributed by atoms with E-state index in [-0.39, 0.29) is 11.9 Å². The van der Waals surface area contributed by atoms with Crippen LogP contribution in [0.1, 0.15) is 42.5 Å². The maximum atomic E-state index is 12.9. The zero-order valence-electron chi connectivity index (χ0n) is 13.1. The van der Waals surface area contributed by atoms with Crippen LogP contribution in [-0.4, -0.2) is 10.9 Å². The Bertz CT molecular complexity index is 739. The lowest BCUT2D eigenvalue weighted by atomic mass is 9.92. The molecule has 0 radical (unpaired) electrons. The SMILES string of the molecule is CC(NC(=O)C1(c2cccc(C(F)(F)F)c2)CC1)c1ccncc1. The number of halogens is 3. The van der Waals surface area contributed by atoms with Crippen molar-refractivity contribution >= 4 is 5.91 Å². The van der Waals surface area contributed by atoms with Gasteiger partial charge in [0.15, 0.2) is 0 Å². The van der Waals surface area contributed by atoms with Gasteiger partial charge in [0.05, 0.1) is 17.0 Å². The summed E-state index contributed by atoms with van der Waals surface area (Å²) in [5, 5.41) is 2.91. The van der Waals surface area contributed by atoms with Crippen molar-refractivity contribution in [3.63, 3.8) is 0 Å². The second-order valence-corrected chi connectivity index (χ2v) is 6.14. The summed E-state index contributed by atoms with van der Waals surface area (Å²) in [5.41, 5.74) is -0.237. The Balaban J connectivity index is 1.80. The van der Waals surface area contributed by atoms with E-state index in [9.17, 15) is 18.0 Å². The molecule has 3 nitrogen and oxygen atoms in total. The molecule has 1 amide bonds. The third-order valence-electron chi connectivity index (χ3n) is 4.48. The maximum Gasteiger partial charge on any atom is 0.416 e. The minimum Gasteiger partial charge on any atom is -0.349 e. The molecule has 2 aromatic rings. The van der Waals surface area contributed by atoms with Gasteiger partial charge in [0, 0.05) is 12.4 Å². The molecular formula is C18H17F3N2O. The molecular weight excluding hydrogens is 317 g/mol. The lowest BCUT2D eigenvalue weighted by Gasteiger charge is -2.21. The predicted molar refractivity (Wildman–Crippen MR) is 83.2 cm³/mol. The highest BCUT2D eigenvalue weighted by Crippen LogP contribution is 2.49. The molecule has 0 spiro atoms. The van der Waals surface area contributed by atoms with E-state index < -0.39 is 17.2 Å². The number of hydrogen-bond acceptors (Lipinski definition) is 2. The fourth-order valence-corrected chi connectivity index (χ4v) is 2.84. The van der Waals surface area contributed by atoms with Crippen LogP contribution in [0.2, 0.25) is 0 Å². The van der Waals surface area contributed by atoms with Crippen molar-refractivity contribution in [2.75, 3.05) is 0 Å². The second-order valence-electron chi connectivity index (χ2n) is 6.14. The number of carbonyl (C=O) groups excluding carboxylic acids is 1. The van der Waals surface area contributed by atoms with Gasteiger partial charge in [-0.15, -0.1) is 0 Å². The first kappa shape index (κ1) is 16.5. The van der Waals surface area contributed by atoms with E-state index in [1.54, 1.807) is 30.6 Å². The Morgan fingerprint density at radius 1 is 1.21 bits per heavy atom. The van der Waals surface area contributed by atoms with Gasteiger partial charge < -0.3 is 5.32 Å². The molecule has 1 atom stereocenters. The van der Waals surface area contributed by atoms with Crippen LogP contribution in [0.5, 0.6) is 0 Å². The van der Waals surface area contributed by atoms with Gasteiger partial charge in [-0.05, 0) is 49.1 Å². The zero-order valence-corrected chi connectivity index (χ0v) is 13.1. The number of rotatable bonds is 4. The van der Waals surface area contributed by atoms with Crippen molar-refractivity contribution in [1.29, 1.82) is 0 Å². The highest BCUT2D eigenvalue weighted by Gasteiger charge is 2.52. The second kappa shape index (κ2) is 5.92. The first-order valence-corrected chi connectivity index (χ1v) is 7.71. The first-order valence-electron chi connectivity index (χ1n) is 7.71. The van der Waals surface area contributed by atoms with Crippen LogP contribution < -0.4 is 5.32 Å². The number of nitrogens with one attached hydrogen (secondary N) is 1. The molecule has 1 aromatic heterocycles. The third-order valence-corrected chi connectivity index (χ3v) is 4.48. The summed E-state index contributed by atoms with van der Waals surface area (Å²) in [4.78, 5) is 16.6. The van der Waals surface area contributed by atoms with E-state index in [2.05, 4.69) is 10.3 Å². The summed E-state index contributed by atoms with van der Waals surface area (Å²) in [6, 6.07) is 8.44. The normalized spacial score (nSPS) is 17.2. The van der Waals surface area contributed by atoms with Crippen LogP contribution in [0.4, 0.5) is 13.2 Å². The molecule has 1 aliphatic rings. The van der Waals surface area contributed by atoms with Crippen molar-refractivity contribution in [3.8, 4) is 0 Å². The average molecular weight is 334 g/mol. The van der Waals surface area contributed by atoms with E-state index in [4.69, 9.17) is 0 Å². The van der Waals surface area contributed by atoms with E-state index in [0.717, 1.165) is 17.7 Å². The number of amides is 1. The summed E-state index contributed by atoms with van der Waals surface area (Å²) in [6.45, 7) is 1.84. The van der Waals surface area contributed by atoms with Crippen LogP contribution in [0, 0.1) is 0 Å². The van der Waals surface area contributed by atoms with Crippen molar-refractivity contribution in [3.05, 3.63) is 65.5 Å². The molecule has 1 N–H and O–H groups in total. The number of hydrogen-bond donors (Lipinski definition) is 1. The van der Waals surface area contributed by atoms with Crippen LogP contribution in [0.3, 0.4) is 0 Å². The highest BCUT2D eigenvalue weighted by molar-refractivity contribution is 5.91. The molecule has 24 heavy (non-hydrogen) atoms. The standard InChI is InChI=1S/C18H17F3N2O/c1-12(13-5-9-22-10-6-13)23-16(24)17(7-8-17)14-3-2-4-15(11-14)18(19,20)21/h2-6,9-12H,7-8H2,1H3,(H,23,24). The molecule has 1 heterocycles. The smallest absolute Gasteiger partial charge is 0.349 e. The Morgan fingerprint density at radius 2 is 1.88 bits per heavy atom. The van der Waals surface area contributed by atoms with E-state index in [1.165, 1.54) is 6.07 Å². The van der Waals surface area contributed by atoms with Crippen molar-refractivity contribution in [2.24, 2.45) is 0 Å². The Hall–Kier alpha value is -2.37. The summed E-state index contributed by atoms with van der Waals surface area (Å²) in [7, 11) is 0. The highest BCUT2D eigenvalue weighted by atomic mass is 19.4.